The lowest BCUT2D eigenvalue weighted by molar-refractivity contribution is -0.120. The monoisotopic (exact) mass is 533 g/mol. The van der Waals surface area contributed by atoms with Crippen LogP contribution in [0.3, 0.4) is 0 Å². The zero-order valence-corrected chi connectivity index (χ0v) is 22.7. The van der Waals surface area contributed by atoms with Crippen molar-refractivity contribution in [3.8, 4) is 11.3 Å². The molecule has 0 fully saturated rings. The predicted octanol–water partition coefficient (Wildman–Crippen LogP) is 7.68. The molecule has 0 saturated heterocycles. The van der Waals surface area contributed by atoms with Gasteiger partial charge in [-0.25, -0.2) is 0 Å². The first-order valence-electron chi connectivity index (χ1n) is 13.0. The zero-order valence-electron chi connectivity index (χ0n) is 22.0. The van der Waals surface area contributed by atoms with Crippen LogP contribution in [0.2, 0.25) is 5.02 Å². The van der Waals surface area contributed by atoms with Gasteiger partial charge >= 0.3 is 0 Å². The van der Waals surface area contributed by atoms with Gasteiger partial charge < -0.3 is 15.2 Å². The maximum Gasteiger partial charge on any atom is 0.255 e. The number of nitrogens with zero attached hydrogens (tertiary/aromatic N) is 1. The largest absolute Gasteiger partial charge is 0.354 e. The minimum absolute atomic E-state index is 0.166. The van der Waals surface area contributed by atoms with E-state index >= 15 is 0 Å². The van der Waals surface area contributed by atoms with Gasteiger partial charge in [0.1, 0.15) is 6.04 Å². The van der Waals surface area contributed by atoms with Crippen molar-refractivity contribution >= 4 is 40.0 Å². The first kappa shape index (κ1) is 25.0. The maximum atomic E-state index is 13.9. The van der Waals surface area contributed by atoms with Crippen molar-refractivity contribution in [1.29, 1.82) is 0 Å². The van der Waals surface area contributed by atoms with E-state index in [1.165, 1.54) is 5.56 Å². The molecule has 6 heteroatoms. The topological polar surface area (TPSA) is 65.2 Å². The molecule has 1 aliphatic heterocycles. The summed E-state index contributed by atoms with van der Waals surface area (Å²) in [5.74, 6) is -0.446. The Morgan fingerprint density at radius 3 is 2.44 bits per heavy atom. The molecule has 2 amide bonds. The van der Waals surface area contributed by atoms with Crippen LogP contribution in [0.4, 0.5) is 5.69 Å². The van der Waals surface area contributed by atoms with Crippen LogP contribution < -0.4 is 5.32 Å². The van der Waals surface area contributed by atoms with E-state index in [-0.39, 0.29) is 11.8 Å². The molecular formula is C33H28ClN3O2. The summed E-state index contributed by atoms with van der Waals surface area (Å²) in [5, 5.41) is 4.56. The van der Waals surface area contributed by atoms with E-state index in [2.05, 4.69) is 47.6 Å². The number of amides is 2. The number of aromatic nitrogens is 1. The quantitative estimate of drug-likeness (QED) is 0.243. The second-order valence-corrected chi connectivity index (χ2v) is 10.6. The van der Waals surface area contributed by atoms with Crippen molar-refractivity contribution in [2.45, 2.75) is 32.9 Å². The van der Waals surface area contributed by atoms with E-state index in [1.54, 1.807) is 17.9 Å². The van der Waals surface area contributed by atoms with Crippen molar-refractivity contribution < 1.29 is 9.59 Å². The fourth-order valence-electron chi connectivity index (χ4n) is 5.47. The number of halogens is 1. The van der Waals surface area contributed by atoms with Crippen molar-refractivity contribution in [2.75, 3.05) is 5.32 Å². The number of anilines is 1. The lowest BCUT2D eigenvalue weighted by Gasteiger charge is -2.31. The first-order chi connectivity index (χ1) is 18.8. The number of fused-ring (bicyclic) bond motifs is 2. The lowest BCUT2D eigenvalue weighted by Crippen LogP contribution is -2.44. The number of hydrogen-bond acceptors (Lipinski definition) is 2. The third-order valence-corrected chi connectivity index (χ3v) is 8.00. The molecular weight excluding hydrogens is 506 g/mol. The SMILES string of the molecule is Cc1ccc(-c2[nH]c3ccccc3c2C2c3ccccc3C(=O)N2C(C)C(=O)Nc2ccc(C)c(Cl)c2)cc1. The molecule has 0 radical (unpaired) electrons. The average molecular weight is 534 g/mol. The molecule has 0 saturated carbocycles. The minimum atomic E-state index is -0.755. The van der Waals surface area contributed by atoms with Crippen molar-refractivity contribution in [2.24, 2.45) is 0 Å². The fourth-order valence-corrected chi connectivity index (χ4v) is 5.65. The number of nitrogens with one attached hydrogen (secondary N) is 2. The van der Waals surface area contributed by atoms with Crippen molar-refractivity contribution in [3.05, 3.63) is 124 Å². The summed E-state index contributed by atoms with van der Waals surface area (Å²) in [4.78, 5) is 32.9. The average Bonchev–Trinajstić information content (AvgIpc) is 3.46. The number of carbonyl (C=O) groups is 2. The van der Waals surface area contributed by atoms with Gasteiger partial charge in [0.15, 0.2) is 0 Å². The second kappa shape index (κ2) is 9.75. The van der Waals surface area contributed by atoms with Crippen molar-refractivity contribution in [3.63, 3.8) is 0 Å². The number of para-hydroxylation sites is 1. The molecule has 0 spiro atoms. The third kappa shape index (κ3) is 4.29. The number of aromatic amines is 1. The van der Waals surface area contributed by atoms with Crippen LogP contribution in [0.1, 0.15) is 45.6 Å². The Hall–Kier alpha value is -4.35. The summed E-state index contributed by atoms with van der Waals surface area (Å²) in [7, 11) is 0. The molecule has 2 unspecified atom stereocenters. The molecule has 194 valence electrons. The van der Waals surface area contributed by atoms with E-state index in [1.807, 2.05) is 61.5 Å². The Bertz CT molecular complexity index is 1740. The van der Waals surface area contributed by atoms with Crippen LogP contribution in [0.5, 0.6) is 0 Å². The van der Waals surface area contributed by atoms with Gasteiger partial charge in [-0.2, -0.15) is 0 Å². The molecule has 0 aliphatic carbocycles. The van der Waals surface area contributed by atoms with E-state index in [9.17, 15) is 9.59 Å². The summed E-state index contributed by atoms with van der Waals surface area (Å²) in [6, 6.07) is 28.3. The number of carbonyl (C=O) groups excluding carboxylic acids is 2. The number of H-pyrrole nitrogens is 1. The van der Waals surface area contributed by atoms with Crippen molar-refractivity contribution in [1.82, 2.24) is 9.88 Å². The molecule has 2 atom stereocenters. The van der Waals surface area contributed by atoms with E-state index in [0.717, 1.165) is 38.9 Å². The van der Waals surface area contributed by atoms with Gasteiger partial charge in [-0.05, 0) is 61.7 Å². The number of hydrogen-bond donors (Lipinski definition) is 2. The third-order valence-electron chi connectivity index (χ3n) is 7.59. The summed E-state index contributed by atoms with van der Waals surface area (Å²) in [6.07, 6.45) is 0. The molecule has 6 rings (SSSR count). The highest BCUT2D eigenvalue weighted by molar-refractivity contribution is 6.31. The van der Waals surface area contributed by atoms with Gasteiger partial charge in [0, 0.05) is 32.7 Å². The Morgan fingerprint density at radius 2 is 1.67 bits per heavy atom. The maximum absolute atomic E-state index is 13.9. The normalized spacial score (nSPS) is 15.4. The predicted molar refractivity (Wildman–Crippen MR) is 157 cm³/mol. The van der Waals surface area contributed by atoms with Gasteiger partial charge in [0.2, 0.25) is 5.91 Å². The van der Waals surface area contributed by atoms with Gasteiger partial charge in [-0.1, -0.05) is 83.9 Å². The van der Waals surface area contributed by atoms with E-state index < -0.39 is 12.1 Å². The molecule has 4 aromatic carbocycles. The summed E-state index contributed by atoms with van der Waals surface area (Å²) in [5.41, 5.74) is 8.10. The molecule has 5 aromatic rings. The van der Waals surface area contributed by atoms with Crippen LogP contribution in [0.25, 0.3) is 22.2 Å². The summed E-state index contributed by atoms with van der Waals surface area (Å²) in [6.45, 7) is 5.75. The lowest BCUT2D eigenvalue weighted by atomic mass is 9.92. The first-order valence-corrected chi connectivity index (χ1v) is 13.4. The van der Waals surface area contributed by atoms with Gasteiger partial charge in [-0.15, -0.1) is 0 Å². The van der Waals surface area contributed by atoms with Crippen LogP contribution in [0.15, 0.2) is 91.0 Å². The molecule has 2 heterocycles. The van der Waals surface area contributed by atoms with Gasteiger partial charge in [0.05, 0.1) is 11.7 Å². The Kier molecular flexibility index (Phi) is 6.24. The van der Waals surface area contributed by atoms with Crippen LogP contribution >= 0.6 is 11.6 Å². The molecule has 5 nitrogen and oxygen atoms in total. The van der Waals surface area contributed by atoms with Crippen LogP contribution in [-0.2, 0) is 4.79 Å². The number of rotatable bonds is 5. The highest BCUT2D eigenvalue weighted by atomic mass is 35.5. The van der Waals surface area contributed by atoms with Gasteiger partial charge in [0.25, 0.3) is 5.91 Å². The van der Waals surface area contributed by atoms with E-state index in [0.29, 0.717) is 16.3 Å². The molecule has 2 N–H and O–H groups in total. The number of aryl methyl sites for hydroxylation is 2. The number of benzene rings is 4. The van der Waals surface area contributed by atoms with Crippen LogP contribution in [-0.4, -0.2) is 27.7 Å². The molecule has 0 bridgehead atoms. The molecule has 1 aliphatic rings. The highest BCUT2D eigenvalue weighted by Crippen LogP contribution is 2.46. The Balaban J connectivity index is 1.49. The Morgan fingerprint density at radius 1 is 0.949 bits per heavy atom. The smallest absolute Gasteiger partial charge is 0.255 e. The van der Waals surface area contributed by atoms with Gasteiger partial charge in [-0.3, -0.25) is 9.59 Å². The van der Waals surface area contributed by atoms with Crippen LogP contribution in [0, 0.1) is 13.8 Å². The summed E-state index contributed by atoms with van der Waals surface area (Å²) < 4.78 is 0. The minimum Gasteiger partial charge on any atom is -0.354 e. The summed E-state index contributed by atoms with van der Waals surface area (Å²) >= 11 is 6.30. The Labute approximate surface area is 232 Å². The second-order valence-electron chi connectivity index (χ2n) is 10.2. The zero-order chi connectivity index (χ0) is 27.3. The highest BCUT2D eigenvalue weighted by Gasteiger charge is 2.44. The fraction of sp³-hybridized carbons (Fsp3) is 0.152. The standard InChI is InChI=1S/C33H28ClN3O2/c1-19-12-15-22(16-13-19)30-29(26-10-6-7-11-28(26)36-30)31-24-8-4-5-9-25(24)33(39)37(31)21(3)32(38)35-23-17-14-20(2)27(34)18-23/h4-18,21,31,36H,1-3H3,(H,35,38). The molecule has 1 aromatic heterocycles. The molecule has 39 heavy (non-hydrogen) atoms. The van der Waals surface area contributed by atoms with E-state index in [4.69, 9.17) is 11.6 Å².